The van der Waals surface area contributed by atoms with Crippen LogP contribution in [0.4, 0.5) is 8.78 Å². The van der Waals surface area contributed by atoms with Crippen LogP contribution in [0.5, 0.6) is 0 Å². The highest BCUT2D eigenvalue weighted by atomic mass is 127. The Hall–Kier alpha value is -0.720. The molecule has 1 aromatic carbocycles. The Labute approximate surface area is 119 Å². The topological polar surface area (TPSA) is 29.1 Å². The van der Waals surface area contributed by atoms with Gasteiger partial charge in [0.05, 0.1) is 0 Å². The van der Waals surface area contributed by atoms with Crippen LogP contribution in [0, 0.1) is 11.6 Å². The fourth-order valence-corrected chi connectivity index (χ4v) is 2.10. The number of carbonyl (C=O) groups excluding carboxylic acids is 1. The van der Waals surface area contributed by atoms with Crippen LogP contribution < -0.4 is 5.32 Å². The number of nitrogens with one attached hydrogen (secondary N) is 1. The lowest BCUT2D eigenvalue weighted by atomic mass is 10.2. The van der Waals surface area contributed by atoms with Gasteiger partial charge in [-0.3, -0.25) is 4.79 Å². The molecule has 1 aromatic rings. The Morgan fingerprint density at radius 3 is 2.28 bits per heavy atom. The molecular formula is C13H16F2INO. The van der Waals surface area contributed by atoms with E-state index >= 15 is 0 Å². The molecular weight excluding hydrogens is 351 g/mol. The lowest BCUT2D eigenvalue weighted by molar-refractivity contribution is 0.0952. The maximum atomic E-state index is 12.9. The van der Waals surface area contributed by atoms with Crippen molar-refractivity contribution in [2.45, 2.75) is 25.7 Å². The van der Waals surface area contributed by atoms with E-state index in [4.69, 9.17) is 0 Å². The normalized spacial score (nSPS) is 10.4. The summed E-state index contributed by atoms with van der Waals surface area (Å²) >= 11 is 2.33. The zero-order valence-electron chi connectivity index (χ0n) is 10.0. The molecule has 0 unspecified atom stereocenters. The van der Waals surface area contributed by atoms with E-state index in [1.54, 1.807) is 0 Å². The molecule has 0 radical (unpaired) electrons. The van der Waals surface area contributed by atoms with Crippen molar-refractivity contribution < 1.29 is 13.6 Å². The average Bonchev–Trinajstić information content (AvgIpc) is 2.32. The zero-order chi connectivity index (χ0) is 13.4. The standard InChI is InChI=1S/C13H16F2INO/c14-11-7-10(8-12(15)9-11)13(18)17-6-4-2-1-3-5-16/h7-9H,1-6H2,(H,17,18). The smallest absolute Gasteiger partial charge is 0.251 e. The van der Waals surface area contributed by atoms with Crippen molar-refractivity contribution in [2.24, 2.45) is 0 Å². The molecule has 0 spiro atoms. The molecule has 0 aliphatic rings. The molecule has 1 N–H and O–H groups in total. The van der Waals surface area contributed by atoms with E-state index in [9.17, 15) is 13.6 Å². The predicted molar refractivity (Wildman–Crippen MR) is 76.0 cm³/mol. The van der Waals surface area contributed by atoms with Crippen molar-refractivity contribution in [1.29, 1.82) is 0 Å². The first-order valence-corrected chi connectivity index (χ1v) is 7.46. The van der Waals surface area contributed by atoms with Gasteiger partial charge in [-0.25, -0.2) is 8.78 Å². The first-order chi connectivity index (χ1) is 8.63. The molecule has 0 heterocycles. The molecule has 1 amide bonds. The third-order valence-corrected chi connectivity index (χ3v) is 3.23. The van der Waals surface area contributed by atoms with Gasteiger partial charge in [-0.1, -0.05) is 35.4 Å². The minimum Gasteiger partial charge on any atom is -0.352 e. The van der Waals surface area contributed by atoms with E-state index in [2.05, 4.69) is 27.9 Å². The lowest BCUT2D eigenvalue weighted by Crippen LogP contribution is -2.24. The van der Waals surface area contributed by atoms with E-state index in [-0.39, 0.29) is 5.56 Å². The monoisotopic (exact) mass is 367 g/mol. The second kappa shape index (κ2) is 8.39. The van der Waals surface area contributed by atoms with E-state index in [0.717, 1.165) is 41.9 Å². The van der Waals surface area contributed by atoms with Crippen LogP contribution in [0.15, 0.2) is 18.2 Å². The first kappa shape index (κ1) is 15.3. The van der Waals surface area contributed by atoms with E-state index < -0.39 is 17.5 Å². The van der Waals surface area contributed by atoms with Gasteiger partial charge in [-0.05, 0) is 29.4 Å². The molecule has 0 atom stereocenters. The lowest BCUT2D eigenvalue weighted by Gasteiger charge is -2.05. The highest BCUT2D eigenvalue weighted by molar-refractivity contribution is 14.1. The summed E-state index contributed by atoms with van der Waals surface area (Å²) in [5.74, 6) is -1.90. The Kier molecular flexibility index (Phi) is 7.15. The quantitative estimate of drug-likeness (QED) is 0.445. The van der Waals surface area contributed by atoms with Gasteiger partial charge in [-0.15, -0.1) is 0 Å². The zero-order valence-corrected chi connectivity index (χ0v) is 12.2. The number of hydrogen-bond acceptors (Lipinski definition) is 1. The fraction of sp³-hybridized carbons (Fsp3) is 0.462. The highest BCUT2D eigenvalue weighted by Crippen LogP contribution is 2.08. The second-order valence-electron chi connectivity index (χ2n) is 4.02. The van der Waals surface area contributed by atoms with Crippen LogP contribution in [0.3, 0.4) is 0 Å². The van der Waals surface area contributed by atoms with Gasteiger partial charge in [0.25, 0.3) is 5.91 Å². The largest absolute Gasteiger partial charge is 0.352 e. The van der Waals surface area contributed by atoms with Gasteiger partial charge in [0.1, 0.15) is 11.6 Å². The molecule has 0 aliphatic heterocycles. The maximum Gasteiger partial charge on any atom is 0.251 e. The van der Waals surface area contributed by atoms with Gasteiger partial charge in [0.2, 0.25) is 0 Å². The summed E-state index contributed by atoms with van der Waals surface area (Å²) in [6.07, 6.45) is 4.28. The molecule has 100 valence electrons. The SMILES string of the molecule is O=C(NCCCCCCI)c1cc(F)cc(F)c1. The van der Waals surface area contributed by atoms with E-state index in [0.29, 0.717) is 6.54 Å². The molecule has 18 heavy (non-hydrogen) atoms. The summed E-state index contributed by atoms with van der Waals surface area (Å²) in [4.78, 5) is 11.6. The number of amides is 1. The minimum atomic E-state index is -0.734. The summed E-state index contributed by atoms with van der Waals surface area (Å²) in [6, 6.07) is 2.82. The molecule has 0 aromatic heterocycles. The van der Waals surface area contributed by atoms with Crippen molar-refractivity contribution in [1.82, 2.24) is 5.32 Å². The van der Waals surface area contributed by atoms with Gasteiger partial charge in [0.15, 0.2) is 0 Å². The minimum absolute atomic E-state index is 0.0276. The number of rotatable bonds is 7. The van der Waals surface area contributed by atoms with Crippen molar-refractivity contribution >= 4 is 28.5 Å². The highest BCUT2D eigenvalue weighted by Gasteiger charge is 2.08. The van der Waals surface area contributed by atoms with E-state index in [1.165, 1.54) is 6.42 Å². The molecule has 0 saturated heterocycles. The molecule has 1 rings (SSSR count). The van der Waals surface area contributed by atoms with Crippen molar-refractivity contribution in [3.63, 3.8) is 0 Å². The van der Waals surface area contributed by atoms with Gasteiger partial charge >= 0.3 is 0 Å². The van der Waals surface area contributed by atoms with Crippen LogP contribution >= 0.6 is 22.6 Å². The van der Waals surface area contributed by atoms with Gasteiger partial charge < -0.3 is 5.32 Å². The third-order valence-electron chi connectivity index (χ3n) is 2.47. The molecule has 0 fully saturated rings. The summed E-state index contributed by atoms with van der Waals surface area (Å²) in [5, 5.41) is 2.66. The van der Waals surface area contributed by atoms with Crippen molar-refractivity contribution in [2.75, 3.05) is 11.0 Å². The summed E-state index contributed by atoms with van der Waals surface area (Å²) < 4.78 is 26.9. The third kappa shape index (κ3) is 5.75. The number of benzene rings is 1. The number of carbonyl (C=O) groups is 1. The number of alkyl halides is 1. The average molecular weight is 367 g/mol. The van der Waals surface area contributed by atoms with Crippen molar-refractivity contribution in [3.05, 3.63) is 35.4 Å². The summed E-state index contributed by atoms with van der Waals surface area (Å²) in [5.41, 5.74) is 0.0276. The Morgan fingerprint density at radius 1 is 1.06 bits per heavy atom. The van der Waals surface area contributed by atoms with Crippen LogP contribution in [-0.4, -0.2) is 16.9 Å². The van der Waals surface area contributed by atoms with Crippen LogP contribution in [0.1, 0.15) is 36.0 Å². The van der Waals surface area contributed by atoms with Crippen LogP contribution in [0.25, 0.3) is 0 Å². The molecule has 0 saturated carbocycles. The second-order valence-corrected chi connectivity index (χ2v) is 5.10. The number of unbranched alkanes of at least 4 members (excludes halogenated alkanes) is 3. The Bertz CT molecular complexity index is 378. The molecule has 0 aliphatic carbocycles. The molecule has 2 nitrogen and oxygen atoms in total. The number of halogens is 3. The summed E-state index contributed by atoms with van der Waals surface area (Å²) in [7, 11) is 0. The molecule has 0 bridgehead atoms. The number of hydrogen-bond donors (Lipinski definition) is 1. The Morgan fingerprint density at radius 2 is 1.67 bits per heavy atom. The molecule has 5 heteroatoms. The Balaban J connectivity index is 2.32. The predicted octanol–water partition coefficient (Wildman–Crippen LogP) is 3.69. The van der Waals surface area contributed by atoms with Crippen LogP contribution in [-0.2, 0) is 0 Å². The fourth-order valence-electron chi connectivity index (χ4n) is 1.56. The van der Waals surface area contributed by atoms with Crippen molar-refractivity contribution in [3.8, 4) is 0 Å². The first-order valence-electron chi connectivity index (χ1n) is 5.93. The van der Waals surface area contributed by atoms with Crippen LogP contribution in [0.2, 0.25) is 0 Å². The van der Waals surface area contributed by atoms with Gasteiger partial charge in [0, 0.05) is 18.2 Å². The van der Waals surface area contributed by atoms with E-state index in [1.807, 2.05) is 0 Å². The summed E-state index contributed by atoms with van der Waals surface area (Å²) in [6.45, 7) is 0.540. The maximum absolute atomic E-state index is 12.9. The van der Waals surface area contributed by atoms with Gasteiger partial charge in [-0.2, -0.15) is 0 Å².